The van der Waals surface area contributed by atoms with Crippen molar-refractivity contribution in [3.8, 4) is 0 Å². The second kappa shape index (κ2) is 40.8. The molecule has 0 saturated heterocycles. The minimum absolute atomic E-state index is 0.00237. The van der Waals surface area contributed by atoms with E-state index in [0.717, 1.165) is 103 Å². The maximum atomic E-state index is 12.7. The molecule has 0 saturated carbocycles. The molecular weight excluding hydrogens is 650 g/mol. The van der Waals surface area contributed by atoms with E-state index in [9.17, 15) is 14.7 Å². The van der Waals surface area contributed by atoms with Gasteiger partial charge in [0.1, 0.15) is 12.2 Å². The third-order valence-corrected chi connectivity index (χ3v) is 10.4. The fraction of sp³-hybridized carbons (Fsp3) is 0.956. The largest absolute Gasteiger partial charge is 0.508 e. The quantitative estimate of drug-likeness (QED) is 0.0493. The Morgan fingerprint density at radius 3 is 1.37 bits per heavy atom. The molecular formula is C45H89NO6. The third-order valence-electron chi connectivity index (χ3n) is 10.4. The van der Waals surface area contributed by atoms with Crippen LogP contribution >= 0.6 is 0 Å². The van der Waals surface area contributed by atoms with Crippen molar-refractivity contribution in [2.75, 3.05) is 32.8 Å². The number of nitrogens with zero attached hydrogens (tertiary/aromatic N) is 1. The van der Waals surface area contributed by atoms with E-state index in [1.807, 2.05) is 0 Å². The Bertz CT molecular complexity index is 733. The number of unbranched alkanes of at least 4 members (excludes halogenated alkanes) is 21. The van der Waals surface area contributed by atoms with Crippen LogP contribution in [0, 0.1) is 0 Å². The van der Waals surface area contributed by atoms with Crippen molar-refractivity contribution >= 4 is 12.1 Å². The molecule has 0 amide bonds. The summed E-state index contributed by atoms with van der Waals surface area (Å²) in [6.45, 7) is 12.1. The Morgan fingerprint density at radius 1 is 0.462 bits per heavy atom. The number of aliphatic hydroxyl groups excluding tert-OH is 1. The highest BCUT2D eigenvalue weighted by atomic mass is 16.7. The molecule has 0 radical (unpaired) electrons. The molecule has 0 aromatic carbocycles. The number of esters is 1. The summed E-state index contributed by atoms with van der Waals surface area (Å²) >= 11 is 0. The monoisotopic (exact) mass is 740 g/mol. The summed E-state index contributed by atoms with van der Waals surface area (Å²) in [5.74, 6) is 0.00237. The number of hydrogen-bond acceptors (Lipinski definition) is 7. The van der Waals surface area contributed by atoms with Crippen LogP contribution in [-0.2, 0) is 19.0 Å². The number of carbonyl (C=O) groups is 2. The Hall–Kier alpha value is -1.34. The average Bonchev–Trinajstić information content (AvgIpc) is 3.13. The summed E-state index contributed by atoms with van der Waals surface area (Å²) in [6.07, 6.45) is 36.0. The fourth-order valence-corrected chi connectivity index (χ4v) is 7.10. The molecule has 7 heteroatoms. The first kappa shape index (κ1) is 50.7. The van der Waals surface area contributed by atoms with Gasteiger partial charge in [-0.15, -0.1) is 0 Å². The maximum Gasteiger partial charge on any atom is 0.508 e. The van der Waals surface area contributed by atoms with Crippen molar-refractivity contribution in [2.45, 2.75) is 245 Å². The highest BCUT2D eigenvalue weighted by Gasteiger charge is 2.16. The van der Waals surface area contributed by atoms with Crippen LogP contribution in [0.1, 0.15) is 233 Å². The fourth-order valence-electron chi connectivity index (χ4n) is 7.10. The standard InChI is InChI=1S/C45H89NO6/c1-5-9-12-15-19-25-33-42(32-8-4)52-45(49)50-41-31-24-30-38-46(39-40-47)37-29-23-18-22-28-36-44(48)51-43(34-26-20-16-13-10-6-2)35-27-21-17-14-11-7-3/h42-43,47H,5-41H2,1-4H3. The van der Waals surface area contributed by atoms with E-state index in [1.165, 1.54) is 109 Å². The molecule has 52 heavy (non-hydrogen) atoms. The lowest BCUT2D eigenvalue weighted by Gasteiger charge is -2.21. The van der Waals surface area contributed by atoms with Gasteiger partial charge in [-0.1, -0.05) is 150 Å². The first-order valence-corrected chi connectivity index (χ1v) is 22.9. The predicted molar refractivity (Wildman–Crippen MR) is 220 cm³/mol. The summed E-state index contributed by atoms with van der Waals surface area (Å²) in [5.41, 5.74) is 0. The van der Waals surface area contributed by atoms with Crippen LogP contribution in [0.15, 0.2) is 0 Å². The zero-order chi connectivity index (χ0) is 38.2. The molecule has 1 atom stereocenters. The molecule has 0 bridgehead atoms. The average molecular weight is 740 g/mol. The molecule has 0 aromatic rings. The second-order valence-electron chi connectivity index (χ2n) is 15.6. The molecule has 0 aliphatic rings. The van der Waals surface area contributed by atoms with Crippen molar-refractivity contribution in [3.63, 3.8) is 0 Å². The van der Waals surface area contributed by atoms with E-state index in [-0.39, 0.29) is 24.8 Å². The molecule has 0 aromatic heterocycles. The van der Waals surface area contributed by atoms with Gasteiger partial charge >= 0.3 is 12.1 Å². The minimum Gasteiger partial charge on any atom is -0.462 e. The summed E-state index contributed by atoms with van der Waals surface area (Å²) in [4.78, 5) is 27.3. The zero-order valence-electron chi connectivity index (χ0n) is 35.3. The normalized spacial score (nSPS) is 12.1. The maximum absolute atomic E-state index is 12.7. The topological polar surface area (TPSA) is 85.3 Å². The van der Waals surface area contributed by atoms with Gasteiger partial charge < -0.3 is 24.2 Å². The smallest absolute Gasteiger partial charge is 0.462 e. The van der Waals surface area contributed by atoms with Crippen molar-refractivity contribution in [3.05, 3.63) is 0 Å². The first-order valence-electron chi connectivity index (χ1n) is 22.9. The highest BCUT2D eigenvalue weighted by Crippen LogP contribution is 2.19. The van der Waals surface area contributed by atoms with Gasteiger partial charge in [-0.05, 0) is 90.1 Å². The van der Waals surface area contributed by atoms with Gasteiger partial charge in [0, 0.05) is 13.0 Å². The van der Waals surface area contributed by atoms with Crippen molar-refractivity contribution in [1.29, 1.82) is 0 Å². The number of hydrogen-bond donors (Lipinski definition) is 1. The predicted octanol–water partition coefficient (Wildman–Crippen LogP) is 13.3. The van der Waals surface area contributed by atoms with E-state index in [4.69, 9.17) is 14.2 Å². The van der Waals surface area contributed by atoms with Gasteiger partial charge in [0.05, 0.1) is 13.2 Å². The highest BCUT2D eigenvalue weighted by molar-refractivity contribution is 5.69. The lowest BCUT2D eigenvalue weighted by Crippen LogP contribution is -2.29. The van der Waals surface area contributed by atoms with Gasteiger partial charge in [0.25, 0.3) is 0 Å². The van der Waals surface area contributed by atoms with Crippen LogP contribution in [0.5, 0.6) is 0 Å². The van der Waals surface area contributed by atoms with Gasteiger partial charge in [-0.25, -0.2) is 4.79 Å². The molecule has 310 valence electrons. The van der Waals surface area contributed by atoms with Gasteiger partial charge in [0.2, 0.25) is 0 Å². The molecule has 0 aliphatic heterocycles. The summed E-state index contributed by atoms with van der Waals surface area (Å²) in [7, 11) is 0. The minimum atomic E-state index is -0.514. The van der Waals surface area contributed by atoms with Crippen LogP contribution in [0.2, 0.25) is 0 Å². The van der Waals surface area contributed by atoms with Crippen molar-refractivity contribution in [2.24, 2.45) is 0 Å². The van der Waals surface area contributed by atoms with Crippen molar-refractivity contribution in [1.82, 2.24) is 4.90 Å². The second-order valence-corrected chi connectivity index (χ2v) is 15.6. The third kappa shape index (κ3) is 35.7. The summed E-state index contributed by atoms with van der Waals surface area (Å²) < 4.78 is 17.0. The summed E-state index contributed by atoms with van der Waals surface area (Å²) in [5, 5.41) is 9.56. The molecule has 7 nitrogen and oxygen atoms in total. The Labute approximate surface area is 323 Å². The van der Waals surface area contributed by atoms with Crippen LogP contribution < -0.4 is 0 Å². The van der Waals surface area contributed by atoms with E-state index in [0.29, 0.717) is 19.6 Å². The molecule has 1 N–H and O–H groups in total. The van der Waals surface area contributed by atoms with E-state index in [2.05, 4.69) is 32.6 Å². The number of carbonyl (C=O) groups excluding carboxylic acids is 2. The van der Waals surface area contributed by atoms with Gasteiger partial charge in [0.15, 0.2) is 0 Å². The lowest BCUT2D eigenvalue weighted by atomic mass is 10.0. The molecule has 0 aliphatic carbocycles. The van der Waals surface area contributed by atoms with Crippen LogP contribution in [-0.4, -0.2) is 67.2 Å². The Morgan fingerprint density at radius 2 is 0.885 bits per heavy atom. The summed E-state index contributed by atoms with van der Waals surface area (Å²) in [6, 6.07) is 0. The number of ether oxygens (including phenoxy) is 3. The molecule has 0 rings (SSSR count). The van der Waals surface area contributed by atoms with E-state index < -0.39 is 6.16 Å². The van der Waals surface area contributed by atoms with Gasteiger partial charge in [-0.3, -0.25) is 4.79 Å². The first-order chi connectivity index (χ1) is 25.5. The van der Waals surface area contributed by atoms with Gasteiger partial charge in [-0.2, -0.15) is 0 Å². The van der Waals surface area contributed by atoms with E-state index >= 15 is 0 Å². The molecule has 0 fully saturated rings. The molecule has 0 spiro atoms. The SMILES string of the molecule is CCCCCCCCC(CCCCCCCC)OC(=O)CCCCCCCN(CCO)CCCCCOC(=O)OC(CCC)CCCCCCCC. The Kier molecular flexibility index (Phi) is 39.8. The molecule has 0 heterocycles. The number of aliphatic hydroxyl groups is 1. The lowest BCUT2D eigenvalue weighted by molar-refractivity contribution is -0.150. The van der Waals surface area contributed by atoms with Crippen LogP contribution in [0.4, 0.5) is 4.79 Å². The zero-order valence-corrected chi connectivity index (χ0v) is 35.3. The Balaban J connectivity index is 4.11. The van der Waals surface area contributed by atoms with Crippen molar-refractivity contribution < 1.29 is 28.9 Å². The van der Waals surface area contributed by atoms with Crippen LogP contribution in [0.25, 0.3) is 0 Å². The number of rotatable bonds is 41. The molecule has 1 unspecified atom stereocenters. The van der Waals surface area contributed by atoms with E-state index in [1.54, 1.807) is 0 Å². The van der Waals surface area contributed by atoms with Crippen LogP contribution in [0.3, 0.4) is 0 Å².